The summed E-state index contributed by atoms with van der Waals surface area (Å²) in [4.78, 5) is 6.37. The summed E-state index contributed by atoms with van der Waals surface area (Å²) in [5.41, 5.74) is 0. The van der Waals surface area contributed by atoms with Crippen molar-refractivity contribution in [2.75, 3.05) is 26.2 Å². The van der Waals surface area contributed by atoms with Crippen molar-refractivity contribution >= 4 is 0 Å². The van der Waals surface area contributed by atoms with E-state index in [1.807, 2.05) is 18.7 Å². The molecule has 0 aromatic carbocycles. The molecule has 71 valence electrons. The molecule has 1 radical (unpaired) electrons. The summed E-state index contributed by atoms with van der Waals surface area (Å²) in [5, 5.41) is 3.29. The number of aromatic nitrogens is 2. The highest BCUT2D eigenvalue weighted by molar-refractivity contribution is 4.79. The summed E-state index contributed by atoms with van der Waals surface area (Å²) < 4.78 is 2.11. The van der Waals surface area contributed by atoms with Crippen molar-refractivity contribution in [1.82, 2.24) is 19.8 Å². The SMILES string of the molecule is [CH]1CNCCN1CCn1ccnc1. The van der Waals surface area contributed by atoms with Crippen LogP contribution in [0.15, 0.2) is 18.7 Å². The standard InChI is InChI=1S/C9H15N4/c1-4-12(5-2-10-1)7-8-13-6-3-11-9-13/h3-4,6,9-10H,1-2,5,7-8H2. The van der Waals surface area contributed by atoms with Crippen molar-refractivity contribution in [3.8, 4) is 0 Å². The molecule has 0 unspecified atom stereocenters. The van der Waals surface area contributed by atoms with Crippen LogP contribution < -0.4 is 5.32 Å². The minimum Gasteiger partial charge on any atom is -0.336 e. The van der Waals surface area contributed by atoms with Crippen molar-refractivity contribution in [1.29, 1.82) is 0 Å². The van der Waals surface area contributed by atoms with Crippen molar-refractivity contribution in [2.24, 2.45) is 0 Å². The Kier molecular flexibility index (Phi) is 2.94. The zero-order chi connectivity index (χ0) is 8.93. The van der Waals surface area contributed by atoms with Gasteiger partial charge in [-0.2, -0.15) is 0 Å². The third kappa shape index (κ3) is 2.54. The van der Waals surface area contributed by atoms with E-state index in [2.05, 4.69) is 26.3 Å². The van der Waals surface area contributed by atoms with Gasteiger partial charge in [-0.25, -0.2) is 4.98 Å². The largest absolute Gasteiger partial charge is 0.336 e. The molecule has 4 nitrogen and oxygen atoms in total. The molecule has 1 aromatic rings. The van der Waals surface area contributed by atoms with Crippen LogP contribution in [0.5, 0.6) is 0 Å². The van der Waals surface area contributed by atoms with Gasteiger partial charge in [0.15, 0.2) is 0 Å². The fraction of sp³-hybridized carbons (Fsp3) is 0.556. The Morgan fingerprint density at radius 2 is 2.38 bits per heavy atom. The van der Waals surface area contributed by atoms with Gasteiger partial charge in [-0.15, -0.1) is 0 Å². The molecule has 0 aliphatic carbocycles. The third-order valence-corrected chi connectivity index (χ3v) is 2.27. The first-order valence-electron chi connectivity index (χ1n) is 4.69. The fourth-order valence-electron chi connectivity index (χ4n) is 1.48. The molecule has 1 aromatic heterocycles. The molecule has 1 fully saturated rings. The van der Waals surface area contributed by atoms with Crippen molar-refractivity contribution in [3.05, 3.63) is 25.3 Å². The maximum absolute atomic E-state index is 4.01. The fourth-order valence-corrected chi connectivity index (χ4v) is 1.48. The predicted molar refractivity (Wildman–Crippen MR) is 51.0 cm³/mol. The van der Waals surface area contributed by atoms with Crippen LogP contribution >= 0.6 is 0 Å². The van der Waals surface area contributed by atoms with Crippen LogP contribution in [0.4, 0.5) is 0 Å². The molecule has 0 atom stereocenters. The topological polar surface area (TPSA) is 33.1 Å². The van der Waals surface area contributed by atoms with E-state index in [-0.39, 0.29) is 0 Å². The second-order valence-corrected chi connectivity index (χ2v) is 3.22. The van der Waals surface area contributed by atoms with Crippen LogP contribution in [0.2, 0.25) is 0 Å². The highest BCUT2D eigenvalue weighted by Gasteiger charge is 2.08. The van der Waals surface area contributed by atoms with Gasteiger partial charge in [-0.1, -0.05) is 0 Å². The summed E-state index contributed by atoms with van der Waals surface area (Å²) in [7, 11) is 0. The number of hydrogen-bond donors (Lipinski definition) is 1. The van der Waals surface area contributed by atoms with Crippen molar-refractivity contribution in [3.63, 3.8) is 0 Å². The Labute approximate surface area is 78.6 Å². The number of piperazine rings is 1. The Bertz CT molecular complexity index is 226. The summed E-state index contributed by atoms with van der Waals surface area (Å²) in [6, 6.07) is 0. The van der Waals surface area contributed by atoms with Crippen LogP contribution in [-0.2, 0) is 6.54 Å². The molecule has 4 heteroatoms. The minimum absolute atomic E-state index is 1.00. The Morgan fingerprint density at radius 3 is 3.08 bits per heavy atom. The second kappa shape index (κ2) is 4.39. The average Bonchev–Trinajstić information content (AvgIpc) is 2.69. The molecule has 0 amide bonds. The zero-order valence-electron chi connectivity index (χ0n) is 7.69. The minimum atomic E-state index is 1.00. The number of rotatable bonds is 3. The number of nitrogens with zero attached hydrogens (tertiary/aromatic N) is 3. The van der Waals surface area contributed by atoms with Gasteiger partial charge in [-0.3, -0.25) is 4.90 Å². The Hall–Kier alpha value is -0.870. The molecular weight excluding hydrogens is 164 g/mol. The van der Waals surface area contributed by atoms with Crippen LogP contribution in [0.3, 0.4) is 0 Å². The molecule has 13 heavy (non-hydrogen) atoms. The van der Waals surface area contributed by atoms with E-state index in [1.165, 1.54) is 0 Å². The van der Waals surface area contributed by atoms with Crippen molar-refractivity contribution < 1.29 is 0 Å². The maximum atomic E-state index is 4.01. The molecule has 1 aliphatic heterocycles. The molecule has 0 saturated carbocycles. The van der Waals surface area contributed by atoms with Gasteiger partial charge >= 0.3 is 0 Å². The Balaban J connectivity index is 1.72. The smallest absolute Gasteiger partial charge is 0.0946 e. The van der Waals surface area contributed by atoms with Gasteiger partial charge < -0.3 is 9.88 Å². The lowest BCUT2D eigenvalue weighted by atomic mass is 10.3. The maximum Gasteiger partial charge on any atom is 0.0946 e. The lowest BCUT2D eigenvalue weighted by Crippen LogP contribution is -2.41. The average molecular weight is 179 g/mol. The summed E-state index contributed by atoms with van der Waals surface area (Å²) >= 11 is 0. The molecule has 1 saturated heterocycles. The zero-order valence-corrected chi connectivity index (χ0v) is 7.69. The van der Waals surface area contributed by atoms with Crippen LogP contribution in [-0.4, -0.2) is 40.6 Å². The summed E-state index contributed by atoms with van der Waals surface area (Å²) in [6.07, 6.45) is 5.69. The van der Waals surface area contributed by atoms with Gasteiger partial charge in [0.1, 0.15) is 0 Å². The molecule has 2 heterocycles. The lowest BCUT2D eigenvalue weighted by molar-refractivity contribution is 0.282. The summed E-state index contributed by atoms with van der Waals surface area (Å²) in [6.45, 7) is 7.55. The van der Waals surface area contributed by atoms with Crippen LogP contribution in [0, 0.1) is 6.54 Å². The normalized spacial score (nSPS) is 19.1. The number of hydrogen-bond acceptors (Lipinski definition) is 3. The van der Waals surface area contributed by atoms with E-state index in [9.17, 15) is 0 Å². The van der Waals surface area contributed by atoms with E-state index in [1.54, 1.807) is 0 Å². The van der Waals surface area contributed by atoms with E-state index < -0.39 is 0 Å². The molecule has 2 rings (SSSR count). The first-order valence-corrected chi connectivity index (χ1v) is 4.69. The molecule has 0 bridgehead atoms. The molecular formula is C9H15N4. The molecule has 0 spiro atoms. The van der Waals surface area contributed by atoms with Gasteiger partial charge in [0.2, 0.25) is 0 Å². The number of nitrogens with one attached hydrogen (secondary N) is 1. The second-order valence-electron chi connectivity index (χ2n) is 3.22. The van der Waals surface area contributed by atoms with Crippen molar-refractivity contribution in [2.45, 2.75) is 6.54 Å². The summed E-state index contributed by atoms with van der Waals surface area (Å²) in [5.74, 6) is 0. The van der Waals surface area contributed by atoms with E-state index >= 15 is 0 Å². The van der Waals surface area contributed by atoms with Gasteiger partial charge in [0.25, 0.3) is 0 Å². The first-order chi connectivity index (χ1) is 6.45. The van der Waals surface area contributed by atoms with E-state index in [0.29, 0.717) is 0 Å². The lowest BCUT2D eigenvalue weighted by Gasteiger charge is -2.26. The molecule has 1 aliphatic rings. The highest BCUT2D eigenvalue weighted by atomic mass is 15.2. The van der Waals surface area contributed by atoms with Crippen LogP contribution in [0.1, 0.15) is 0 Å². The quantitative estimate of drug-likeness (QED) is 0.706. The first kappa shape index (κ1) is 8.72. The Morgan fingerprint density at radius 1 is 1.38 bits per heavy atom. The number of imidazole rings is 1. The van der Waals surface area contributed by atoms with E-state index in [0.717, 1.165) is 32.7 Å². The van der Waals surface area contributed by atoms with Gasteiger partial charge in [-0.05, 0) is 0 Å². The monoisotopic (exact) mass is 179 g/mol. The van der Waals surface area contributed by atoms with Gasteiger partial charge in [0.05, 0.1) is 6.33 Å². The molecule has 1 N–H and O–H groups in total. The highest BCUT2D eigenvalue weighted by Crippen LogP contribution is 1.97. The van der Waals surface area contributed by atoms with E-state index in [4.69, 9.17) is 0 Å². The van der Waals surface area contributed by atoms with Crippen LogP contribution in [0.25, 0.3) is 0 Å². The predicted octanol–water partition coefficient (Wildman–Crippen LogP) is -0.0499. The van der Waals surface area contributed by atoms with Gasteiger partial charge in [0, 0.05) is 51.7 Å². The third-order valence-electron chi connectivity index (χ3n) is 2.27.